The number of benzene rings is 4. The number of thiocarbonyl (C=S) groups is 1. The van der Waals surface area contributed by atoms with Gasteiger partial charge in [-0.3, -0.25) is 9.69 Å². The lowest BCUT2D eigenvalue weighted by molar-refractivity contribution is -0.128. The Hall–Kier alpha value is -5.53. The zero-order valence-corrected chi connectivity index (χ0v) is 36.3. The first-order valence-electron chi connectivity index (χ1n) is 19.2. The van der Waals surface area contributed by atoms with E-state index in [0.717, 1.165) is 16.0 Å². The van der Waals surface area contributed by atoms with Crippen LogP contribution in [0.1, 0.15) is 79.2 Å². The third-order valence-electron chi connectivity index (χ3n) is 9.82. The first kappa shape index (κ1) is 44.6. The standard InChI is InChI=1S/C45H52ClN3O9S/c1-9-36(29-15-17-38(57-27-28-13-11-10-12-14-28)34(21-29)43(51)58-45(2,3)4)47-44(52)49-26-42(59)48(25-35-39(55-7)23-33(53-5)24-40(35)56-8)32(22-41(49)50)20-30-19-31(46)16-18-37(30)54-6/h10-19,21,23-24,32,36H,9,20,22,25-27H2,1-8H3,(H,47,52)/t32?,36-/m1/s1. The monoisotopic (exact) mass is 845 g/mol. The Balaban J connectivity index is 1.46. The molecule has 1 aliphatic heterocycles. The van der Waals surface area contributed by atoms with E-state index in [1.165, 1.54) is 0 Å². The molecule has 0 spiro atoms. The number of nitrogens with one attached hydrogen (secondary N) is 1. The van der Waals surface area contributed by atoms with E-state index in [-0.39, 0.29) is 31.7 Å². The summed E-state index contributed by atoms with van der Waals surface area (Å²) >= 11 is 12.5. The van der Waals surface area contributed by atoms with E-state index in [4.69, 9.17) is 52.2 Å². The van der Waals surface area contributed by atoms with Crippen molar-refractivity contribution in [3.05, 3.63) is 112 Å². The Labute approximate surface area is 356 Å². The van der Waals surface area contributed by atoms with Gasteiger partial charge in [0.25, 0.3) is 0 Å². The number of ether oxygens (including phenoxy) is 6. The summed E-state index contributed by atoms with van der Waals surface area (Å²) in [6.45, 7) is 7.53. The average molecular weight is 846 g/mol. The lowest BCUT2D eigenvalue weighted by Gasteiger charge is -2.33. The van der Waals surface area contributed by atoms with Gasteiger partial charge in [-0.25, -0.2) is 9.59 Å². The van der Waals surface area contributed by atoms with Crippen LogP contribution in [0.4, 0.5) is 4.79 Å². The van der Waals surface area contributed by atoms with E-state index in [0.29, 0.717) is 62.7 Å². The highest BCUT2D eigenvalue weighted by molar-refractivity contribution is 7.80. The Kier molecular flexibility index (Phi) is 15.1. The van der Waals surface area contributed by atoms with Crippen LogP contribution in [-0.4, -0.2) is 79.3 Å². The molecule has 3 amide bonds. The lowest BCUT2D eigenvalue weighted by Crippen LogP contribution is -2.47. The predicted octanol–water partition coefficient (Wildman–Crippen LogP) is 8.74. The Morgan fingerprint density at radius 2 is 1.54 bits per heavy atom. The van der Waals surface area contributed by atoms with E-state index in [1.54, 1.807) is 97.7 Å². The van der Waals surface area contributed by atoms with Gasteiger partial charge >= 0.3 is 12.0 Å². The van der Waals surface area contributed by atoms with Gasteiger partial charge in [-0.05, 0) is 80.6 Å². The van der Waals surface area contributed by atoms with Crippen molar-refractivity contribution in [1.82, 2.24) is 15.1 Å². The number of hydrogen-bond acceptors (Lipinski definition) is 10. The zero-order valence-electron chi connectivity index (χ0n) is 34.8. The molecule has 0 aromatic heterocycles. The van der Waals surface area contributed by atoms with E-state index in [2.05, 4.69) is 5.32 Å². The summed E-state index contributed by atoms with van der Waals surface area (Å²) in [5.41, 5.74) is 2.45. The second kappa shape index (κ2) is 20.0. The first-order chi connectivity index (χ1) is 28.2. The molecule has 1 heterocycles. The van der Waals surface area contributed by atoms with Crippen molar-refractivity contribution in [3.63, 3.8) is 0 Å². The fourth-order valence-electron chi connectivity index (χ4n) is 6.86. The number of amides is 3. The van der Waals surface area contributed by atoms with Crippen LogP contribution in [0.3, 0.4) is 0 Å². The molecular weight excluding hydrogens is 794 g/mol. The van der Waals surface area contributed by atoms with Gasteiger partial charge in [-0.15, -0.1) is 0 Å². The normalized spacial score (nSPS) is 14.9. The second-order valence-corrected chi connectivity index (χ2v) is 15.9. The summed E-state index contributed by atoms with van der Waals surface area (Å²) in [6, 6.07) is 21.8. The maximum atomic E-state index is 14.2. The number of hydrogen-bond donors (Lipinski definition) is 1. The summed E-state index contributed by atoms with van der Waals surface area (Å²) in [6.07, 6.45) is 0.684. The number of imide groups is 1. The number of nitrogens with zero attached hydrogens (tertiary/aromatic N) is 2. The van der Waals surface area contributed by atoms with Crippen molar-refractivity contribution in [2.24, 2.45) is 0 Å². The molecule has 1 fully saturated rings. The number of carbonyl (C=O) groups excluding carboxylic acids is 3. The van der Waals surface area contributed by atoms with Crippen LogP contribution in [0.15, 0.2) is 78.9 Å². The summed E-state index contributed by atoms with van der Waals surface area (Å²) < 4.78 is 34.5. The molecule has 1 aliphatic rings. The molecule has 59 heavy (non-hydrogen) atoms. The Morgan fingerprint density at radius 3 is 2.15 bits per heavy atom. The smallest absolute Gasteiger partial charge is 0.342 e. The van der Waals surface area contributed by atoms with Gasteiger partial charge in [0.2, 0.25) is 5.91 Å². The van der Waals surface area contributed by atoms with Crippen molar-refractivity contribution in [2.45, 2.75) is 77.8 Å². The summed E-state index contributed by atoms with van der Waals surface area (Å²) in [5.74, 6) is 1.48. The molecule has 0 saturated carbocycles. The number of halogens is 1. The fraction of sp³-hybridized carbons (Fsp3) is 0.378. The molecule has 5 rings (SSSR count). The Morgan fingerprint density at radius 1 is 0.881 bits per heavy atom. The molecule has 4 aromatic rings. The fourth-order valence-corrected chi connectivity index (χ4v) is 7.39. The SMILES string of the molecule is CC[C@@H](NC(=O)N1CC(=S)N(Cc2c(OC)cc(OC)cc2OC)C(Cc2cc(Cl)ccc2OC)CC1=O)c1ccc(OCc2ccccc2)c(C(=O)OC(C)(C)C)c1. The van der Waals surface area contributed by atoms with Gasteiger partial charge < -0.3 is 38.6 Å². The molecule has 314 valence electrons. The highest BCUT2D eigenvalue weighted by atomic mass is 35.5. The second-order valence-electron chi connectivity index (χ2n) is 15.0. The molecular formula is C45H52ClN3O9S. The maximum absolute atomic E-state index is 14.2. The largest absolute Gasteiger partial charge is 0.496 e. The van der Waals surface area contributed by atoms with E-state index < -0.39 is 35.6 Å². The zero-order chi connectivity index (χ0) is 42.9. The minimum atomic E-state index is -0.763. The first-order valence-corrected chi connectivity index (χ1v) is 20.0. The van der Waals surface area contributed by atoms with Crippen LogP contribution in [0.25, 0.3) is 0 Å². The van der Waals surface area contributed by atoms with Crippen LogP contribution in [0, 0.1) is 0 Å². The number of methoxy groups -OCH3 is 4. The third kappa shape index (κ3) is 11.4. The minimum absolute atomic E-state index is 0.0724. The lowest BCUT2D eigenvalue weighted by atomic mass is 9.99. The van der Waals surface area contributed by atoms with Crippen molar-refractivity contribution < 1.29 is 42.8 Å². The quantitative estimate of drug-likeness (QED) is 0.0913. The predicted molar refractivity (Wildman–Crippen MR) is 230 cm³/mol. The minimum Gasteiger partial charge on any atom is -0.496 e. The van der Waals surface area contributed by atoms with Gasteiger partial charge in [0, 0.05) is 29.6 Å². The van der Waals surface area contributed by atoms with Crippen LogP contribution in [-0.2, 0) is 29.1 Å². The molecule has 12 nitrogen and oxygen atoms in total. The molecule has 1 unspecified atom stereocenters. The summed E-state index contributed by atoms with van der Waals surface area (Å²) in [7, 11) is 6.22. The van der Waals surface area contributed by atoms with Gasteiger partial charge in [0.15, 0.2) is 0 Å². The van der Waals surface area contributed by atoms with Crippen LogP contribution in [0.5, 0.6) is 28.7 Å². The molecule has 4 aromatic carbocycles. The highest BCUT2D eigenvalue weighted by Gasteiger charge is 2.37. The molecule has 14 heteroatoms. The van der Waals surface area contributed by atoms with Crippen molar-refractivity contribution in [2.75, 3.05) is 35.0 Å². The van der Waals surface area contributed by atoms with Crippen LogP contribution in [0.2, 0.25) is 5.02 Å². The van der Waals surface area contributed by atoms with Crippen LogP contribution >= 0.6 is 23.8 Å². The number of carbonyl (C=O) groups is 3. The van der Waals surface area contributed by atoms with Crippen molar-refractivity contribution >= 4 is 46.7 Å². The highest BCUT2D eigenvalue weighted by Crippen LogP contribution is 2.37. The average Bonchev–Trinajstić information content (AvgIpc) is 3.33. The summed E-state index contributed by atoms with van der Waals surface area (Å²) in [5, 5.41) is 3.54. The number of urea groups is 1. The van der Waals surface area contributed by atoms with Crippen molar-refractivity contribution in [3.8, 4) is 28.7 Å². The topological polar surface area (TPSA) is 125 Å². The van der Waals surface area contributed by atoms with Crippen LogP contribution < -0.4 is 29.0 Å². The van der Waals surface area contributed by atoms with Gasteiger partial charge in [0.05, 0.1) is 58.1 Å². The van der Waals surface area contributed by atoms with E-state index >= 15 is 0 Å². The van der Waals surface area contributed by atoms with E-state index in [1.807, 2.05) is 42.2 Å². The number of esters is 1. The molecule has 2 atom stereocenters. The molecule has 1 saturated heterocycles. The summed E-state index contributed by atoms with van der Waals surface area (Å²) in [4.78, 5) is 45.4. The van der Waals surface area contributed by atoms with E-state index in [9.17, 15) is 14.4 Å². The maximum Gasteiger partial charge on any atom is 0.342 e. The van der Waals surface area contributed by atoms with Gasteiger partial charge in [-0.2, -0.15) is 0 Å². The molecule has 0 bridgehead atoms. The molecule has 0 aliphatic carbocycles. The van der Waals surface area contributed by atoms with Gasteiger partial charge in [-0.1, -0.05) is 67.1 Å². The number of rotatable bonds is 15. The third-order valence-corrected chi connectivity index (χ3v) is 10.4. The molecule has 1 N–H and O–H groups in total. The Bertz CT molecular complexity index is 2120. The van der Waals surface area contributed by atoms with Gasteiger partial charge in [0.1, 0.15) is 46.5 Å². The van der Waals surface area contributed by atoms with Crippen molar-refractivity contribution in [1.29, 1.82) is 0 Å². The molecule has 0 radical (unpaired) electrons.